The zero-order chi connectivity index (χ0) is 28.0. The molecule has 6 nitrogen and oxygen atoms in total. The number of hydrogen-bond acceptors (Lipinski definition) is 6. The molecule has 0 aromatic heterocycles. The summed E-state index contributed by atoms with van der Waals surface area (Å²) in [6.07, 6.45) is -2.64. The third kappa shape index (κ3) is 6.31. The quantitative estimate of drug-likeness (QED) is 0.158. The van der Waals surface area contributed by atoms with Crippen LogP contribution in [0.25, 0.3) is 10.8 Å². The lowest BCUT2D eigenvalue weighted by Gasteiger charge is -2.05. The summed E-state index contributed by atoms with van der Waals surface area (Å²) < 4.78 is 38.1. The van der Waals surface area contributed by atoms with E-state index in [1.54, 1.807) is 42.6 Å². The van der Waals surface area contributed by atoms with E-state index in [2.05, 4.69) is 31.5 Å². The Hall–Kier alpha value is -5.49. The molecular formula is C31H19F3N6. The molecule has 0 saturated heterocycles. The summed E-state index contributed by atoms with van der Waals surface area (Å²) in [5, 5.41) is 27.6. The van der Waals surface area contributed by atoms with Crippen molar-refractivity contribution in [2.75, 3.05) is 0 Å². The van der Waals surface area contributed by atoms with Crippen molar-refractivity contribution in [3.05, 3.63) is 126 Å². The molecule has 0 N–H and O–H groups in total. The molecule has 0 atom stereocenters. The topological polar surface area (TPSA) is 85.6 Å². The molecule has 194 valence electrons. The van der Waals surface area contributed by atoms with Gasteiger partial charge >= 0.3 is 6.18 Å². The van der Waals surface area contributed by atoms with Crippen LogP contribution in [0.5, 0.6) is 0 Å². The van der Waals surface area contributed by atoms with Crippen molar-refractivity contribution in [3.63, 3.8) is 0 Å². The number of nitrogens with zero attached hydrogens (tertiary/aromatic N) is 6. The van der Waals surface area contributed by atoms with E-state index in [-0.39, 0.29) is 0 Å². The second kappa shape index (κ2) is 11.5. The Morgan fingerprint density at radius 1 is 0.575 bits per heavy atom. The van der Waals surface area contributed by atoms with Crippen molar-refractivity contribution < 1.29 is 13.2 Å². The lowest BCUT2D eigenvalue weighted by molar-refractivity contribution is -0.137. The van der Waals surface area contributed by atoms with Gasteiger partial charge in [0.25, 0.3) is 0 Å². The van der Waals surface area contributed by atoms with Gasteiger partial charge in [-0.15, -0.1) is 5.11 Å². The first-order valence-corrected chi connectivity index (χ1v) is 12.1. The van der Waals surface area contributed by atoms with Crippen LogP contribution in [0, 0.1) is 11.3 Å². The molecule has 0 aliphatic heterocycles. The van der Waals surface area contributed by atoms with E-state index in [0.29, 0.717) is 28.3 Å². The van der Waals surface area contributed by atoms with E-state index < -0.39 is 11.7 Å². The molecular weight excluding hydrogens is 513 g/mol. The zero-order valence-corrected chi connectivity index (χ0v) is 20.8. The van der Waals surface area contributed by atoms with Crippen LogP contribution < -0.4 is 0 Å². The summed E-state index contributed by atoms with van der Waals surface area (Å²) in [5.41, 5.74) is 3.63. The van der Waals surface area contributed by atoms with E-state index in [1.807, 2.05) is 48.5 Å². The Morgan fingerprint density at radius 2 is 1.07 bits per heavy atom. The minimum atomic E-state index is -4.39. The molecule has 0 amide bonds. The van der Waals surface area contributed by atoms with Crippen LogP contribution in [0.3, 0.4) is 0 Å². The molecule has 0 saturated carbocycles. The van der Waals surface area contributed by atoms with Crippen molar-refractivity contribution in [2.45, 2.75) is 6.18 Å². The molecule has 0 bridgehead atoms. The van der Waals surface area contributed by atoms with Crippen molar-refractivity contribution in [1.82, 2.24) is 0 Å². The van der Waals surface area contributed by atoms with Crippen LogP contribution in [0.1, 0.15) is 16.7 Å². The summed E-state index contributed by atoms with van der Waals surface area (Å²) in [4.78, 5) is 4.63. The number of rotatable bonds is 6. The van der Waals surface area contributed by atoms with Gasteiger partial charge in [-0.1, -0.05) is 36.4 Å². The Morgan fingerprint density at radius 3 is 1.62 bits per heavy atom. The van der Waals surface area contributed by atoms with Crippen molar-refractivity contribution in [2.24, 2.45) is 25.4 Å². The Labute approximate surface area is 227 Å². The number of hydrogen-bond donors (Lipinski definition) is 0. The monoisotopic (exact) mass is 532 g/mol. The predicted octanol–water partition coefficient (Wildman–Crippen LogP) is 10.3. The molecule has 0 heterocycles. The maximum atomic E-state index is 12.7. The van der Waals surface area contributed by atoms with Crippen LogP contribution in [0.2, 0.25) is 0 Å². The Balaban J connectivity index is 1.30. The molecule has 0 unspecified atom stereocenters. The highest BCUT2D eigenvalue weighted by Gasteiger charge is 2.29. The van der Waals surface area contributed by atoms with Gasteiger partial charge in [0.2, 0.25) is 0 Å². The molecule has 5 aromatic rings. The summed E-state index contributed by atoms with van der Waals surface area (Å²) in [6.45, 7) is 0. The van der Waals surface area contributed by atoms with Gasteiger partial charge in [-0.05, 0) is 78.4 Å². The molecule has 0 fully saturated rings. The van der Waals surface area contributed by atoms with Gasteiger partial charge in [0.1, 0.15) is 0 Å². The summed E-state index contributed by atoms with van der Waals surface area (Å²) >= 11 is 0. The number of azo groups is 2. The average molecular weight is 533 g/mol. The highest BCUT2D eigenvalue weighted by atomic mass is 19.4. The van der Waals surface area contributed by atoms with Gasteiger partial charge in [-0.3, -0.25) is 4.99 Å². The number of alkyl halides is 3. The van der Waals surface area contributed by atoms with E-state index >= 15 is 0 Å². The molecule has 40 heavy (non-hydrogen) atoms. The van der Waals surface area contributed by atoms with E-state index in [0.717, 1.165) is 34.2 Å². The standard InChI is InChI=1S/C31H19F3N6/c32-31(33,34)23-9-11-24(12-10-23)37-38-25-13-15-26(16-14-25)39-40-30-18-17-29(27-3-1-2-4-28(27)30)36-20-22-7-5-21(19-35)6-8-22/h1-18,20H. The number of fused-ring (bicyclic) bond motifs is 1. The molecule has 0 aliphatic rings. The van der Waals surface area contributed by atoms with Gasteiger partial charge in [0.05, 0.1) is 45.6 Å². The number of benzene rings is 5. The van der Waals surface area contributed by atoms with Crippen LogP contribution in [0.15, 0.2) is 135 Å². The van der Waals surface area contributed by atoms with Gasteiger partial charge in [-0.2, -0.15) is 33.8 Å². The van der Waals surface area contributed by atoms with Crippen LogP contribution in [-0.4, -0.2) is 6.21 Å². The molecule has 5 rings (SSSR count). The number of aliphatic imine (C=N–C) groups is 1. The van der Waals surface area contributed by atoms with Crippen LogP contribution >= 0.6 is 0 Å². The molecule has 0 radical (unpaired) electrons. The average Bonchev–Trinajstić information content (AvgIpc) is 2.98. The summed E-state index contributed by atoms with van der Waals surface area (Å²) in [5.74, 6) is 0. The second-order valence-electron chi connectivity index (χ2n) is 8.60. The van der Waals surface area contributed by atoms with Gasteiger partial charge < -0.3 is 0 Å². The molecule has 5 aromatic carbocycles. The first-order chi connectivity index (χ1) is 19.4. The largest absolute Gasteiger partial charge is 0.416 e. The number of nitriles is 1. The summed E-state index contributed by atoms with van der Waals surface area (Å²) in [6, 6.07) is 32.1. The van der Waals surface area contributed by atoms with E-state index in [4.69, 9.17) is 5.26 Å². The first-order valence-electron chi connectivity index (χ1n) is 12.1. The Bertz CT molecular complexity index is 1760. The lowest BCUT2D eigenvalue weighted by Crippen LogP contribution is -2.03. The maximum absolute atomic E-state index is 12.7. The number of halogens is 3. The zero-order valence-electron chi connectivity index (χ0n) is 20.8. The fraction of sp³-hybridized carbons (Fsp3) is 0.0323. The minimum Gasteiger partial charge on any atom is -0.256 e. The fourth-order valence-corrected chi connectivity index (χ4v) is 3.78. The van der Waals surface area contributed by atoms with Gasteiger partial charge in [-0.25, -0.2) is 0 Å². The summed E-state index contributed by atoms with van der Waals surface area (Å²) in [7, 11) is 0. The highest BCUT2D eigenvalue weighted by molar-refractivity contribution is 6.01. The SMILES string of the molecule is N#Cc1ccc(C=Nc2ccc(N=Nc3ccc(N=Nc4ccc(C(F)(F)F)cc4)cc3)c3ccccc23)cc1. The third-order valence-corrected chi connectivity index (χ3v) is 5.87. The van der Waals surface area contributed by atoms with Crippen molar-refractivity contribution >= 4 is 45.4 Å². The van der Waals surface area contributed by atoms with Gasteiger partial charge in [0.15, 0.2) is 0 Å². The third-order valence-electron chi connectivity index (χ3n) is 5.87. The van der Waals surface area contributed by atoms with Crippen molar-refractivity contribution in [1.29, 1.82) is 5.26 Å². The first kappa shape index (κ1) is 26.1. The molecule has 9 heteroatoms. The van der Waals surface area contributed by atoms with Crippen LogP contribution in [-0.2, 0) is 6.18 Å². The molecule has 0 aliphatic carbocycles. The Kier molecular flexibility index (Phi) is 7.51. The molecule has 0 spiro atoms. The smallest absolute Gasteiger partial charge is 0.256 e. The highest BCUT2D eigenvalue weighted by Crippen LogP contribution is 2.35. The predicted molar refractivity (Wildman–Crippen MR) is 149 cm³/mol. The van der Waals surface area contributed by atoms with Crippen LogP contribution in [0.4, 0.5) is 41.6 Å². The minimum absolute atomic E-state index is 0.313. The normalized spacial score (nSPS) is 12.1. The maximum Gasteiger partial charge on any atom is 0.416 e. The lowest BCUT2D eigenvalue weighted by atomic mass is 10.1. The fourth-order valence-electron chi connectivity index (χ4n) is 3.78. The van der Waals surface area contributed by atoms with Gasteiger partial charge in [0, 0.05) is 17.0 Å². The van der Waals surface area contributed by atoms with E-state index in [1.165, 1.54) is 12.1 Å². The van der Waals surface area contributed by atoms with Crippen molar-refractivity contribution in [3.8, 4) is 6.07 Å². The van der Waals surface area contributed by atoms with E-state index in [9.17, 15) is 13.2 Å². The second-order valence-corrected chi connectivity index (χ2v) is 8.60.